The summed E-state index contributed by atoms with van der Waals surface area (Å²) in [6.07, 6.45) is 6.50. The molecule has 1 nitrogen and oxygen atoms in total. The van der Waals surface area contributed by atoms with Gasteiger partial charge in [-0.25, -0.2) is 0 Å². The van der Waals surface area contributed by atoms with Crippen molar-refractivity contribution in [3.05, 3.63) is 23.7 Å². The summed E-state index contributed by atoms with van der Waals surface area (Å²) in [7, 11) is 0. The second-order valence-corrected chi connectivity index (χ2v) is 4.99. The molecule has 0 aromatic heterocycles. The van der Waals surface area contributed by atoms with E-state index in [1.807, 2.05) is 13.8 Å². The summed E-state index contributed by atoms with van der Waals surface area (Å²) in [5.41, 5.74) is 0. The van der Waals surface area contributed by atoms with E-state index in [-0.39, 0.29) is 0 Å². The zero-order chi connectivity index (χ0) is 11.8. The Morgan fingerprint density at radius 1 is 0.867 bits per heavy atom. The summed E-state index contributed by atoms with van der Waals surface area (Å²) in [4.78, 5) is 0. The lowest BCUT2D eigenvalue weighted by molar-refractivity contribution is 0.303. The molecule has 0 rings (SSSR count). The third-order valence-electron chi connectivity index (χ3n) is 2.08. The number of allylic oxidation sites excluding steroid dienone is 4. The molecule has 0 aromatic carbocycles. The topological polar surface area (TPSA) is 9.23 Å². The van der Waals surface area contributed by atoms with E-state index in [0.717, 1.165) is 24.4 Å². The van der Waals surface area contributed by atoms with Crippen molar-refractivity contribution >= 4 is 0 Å². The van der Waals surface area contributed by atoms with Crippen LogP contribution < -0.4 is 0 Å². The van der Waals surface area contributed by atoms with E-state index in [4.69, 9.17) is 4.74 Å². The Bertz CT molecular complexity index is 197. The maximum Gasteiger partial charge on any atom is 0.0965 e. The van der Waals surface area contributed by atoms with Gasteiger partial charge >= 0.3 is 0 Å². The summed E-state index contributed by atoms with van der Waals surface area (Å²) in [5.74, 6) is 3.43. The van der Waals surface area contributed by atoms with Gasteiger partial charge in [-0.2, -0.15) is 0 Å². The third-order valence-corrected chi connectivity index (χ3v) is 2.08. The van der Waals surface area contributed by atoms with Gasteiger partial charge in [-0.3, -0.25) is 0 Å². The molecule has 0 amide bonds. The predicted octanol–water partition coefficient (Wildman–Crippen LogP) is 4.90. The first-order valence-corrected chi connectivity index (χ1v) is 5.93. The average molecular weight is 210 g/mol. The largest absolute Gasteiger partial charge is 0.467 e. The highest BCUT2D eigenvalue weighted by molar-refractivity contribution is 4.98. The highest BCUT2D eigenvalue weighted by Crippen LogP contribution is 2.11. The Morgan fingerprint density at radius 3 is 1.47 bits per heavy atom. The fraction of sp³-hybridized carbons (Fsp3) is 0.714. The molecule has 0 aliphatic rings. The van der Waals surface area contributed by atoms with Crippen molar-refractivity contribution in [1.82, 2.24) is 0 Å². The van der Waals surface area contributed by atoms with Crippen molar-refractivity contribution in [3.63, 3.8) is 0 Å². The van der Waals surface area contributed by atoms with Crippen LogP contribution in [-0.4, -0.2) is 0 Å². The Balaban J connectivity index is 3.99. The van der Waals surface area contributed by atoms with Gasteiger partial charge in [0.05, 0.1) is 11.5 Å². The lowest BCUT2D eigenvalue weighted by atomic mass is 10.1. The van der Waals surface area contributed by atoms with Crippen LogP contribution in [0.1, 0.15) is 54.4 Å². The molecule has 0 heterocycles. The minimum atomic E-state index is 0.698. The Kier molecular flexibility index (Phi) is 7.19. The summed E-state index contributed by atoms with van der Waals surface area (Å²) in [5, 5.41) is 0. The molecule has 0 saturated heterocycles. The van der Waals surface area contributed by atoms with Crippen LogP contribution in [0.15, 0.2) is 23.7 Å². The molecule has 15 heavy (non-hydrogen) atoms. The van der Waals surface area contributed by atoms with Crippen molar-refractivity contribution in [2.24, 2.45) is 11.8 Å². The van der Waals surface area contributed by atoms with Gasteiger partial charge in [0, 0.05) is 0 Å². The molecule has 0 aliphatic heterocycles. The summed E-state index contributed by atoms with van der Waals surface area (Å²) in [6.45, 7) is 12.9. The molecular weight excluding hydrogens is 184 g/mol. The van der Waals surface area contributed by atoms with E-state index >= 15 is 0 Å². The van der Waals surface area contributed by atoms with Crippen LogP contribution in [0.2, 0.25) is 0 Å². The van der Waals surface area contributed by atoms with Crippen LogP contribution in [0.25, 0.3) is 0 Å². The van der Waals surface area contributed by atoms with Gasteiger partial charge in [-0.15, -0.1) is 0 Å². The van der Waals surface area contributed by atoms with Crippen molar-refractivity contribution in [1.29, 1.82) is 0 Å². The second kappa shape index (κ2) is 7.56. The summed E-state index contributed by atoms with van der Waals surface area (Å²) >= 11 is 0. The molecular formula is C14H26O. The zero-order valence-corrected chi connectivity index (χ0v) is 11.1. The van der Waals surface area contributed by atoms with Gasteiger partial charge in [-0.05, 0) is 50.7 Å². The number of rotatable bonds is 6. The van der Waals surface area contributed by atoms with Gasteiger partial charge in [0.2, 0.25) is 0 Å². The van der Waals surface area contributed by atoms with Crippen molar-refractivity contribution in [2.45, 2.75) is 54.4 Å². The van der Waals surface area contributed by atoms with Crippen molar-refractivity contribution in [3.8, 4) is 0 Å². The minimum Gasteiger partial charge on any atom is -0.467 e. The molecule has 0 unspecified atom stereocenters. The molecule has 0 radical (unpaired) electrons. The molecule has 0 saturated carbocycles. The number of hydrogen-bond donors (Lipinski definition) is 0. The fourth-order valence-electron chi connectivity index (χ4n) is 1.14. The molecule has 0 fully saturated rings. The summed E-state index contributed by atoms with van der Waals surface area (Å²) < 4.78 is 5.67. The lowest BCUT2D eigenvalue weighted by Gasteiger charge is -2.08. The highest BCUT2D eigenvalue weighted by atomic mass is 16.5. The Hall–Kier alpha value is -0.720. The molecule has 0 spiro atoms. The first-order valence-electron chi connectivity index (χ1n) is 5.93. The average Bonchev–Trinajstić information content (AvgIpc) is 2.11. The first kappa shape index (κ1) is 14.3. The molecule has 0 N–H and O–H groups in total. The maximum absolute atomic E-state index is 5.67. The molecule has 0 aromatic rings. The summed E-state index contributed by atoms with van der Waals surface area (Å²) in [6, 6.07) is 0. The molecule has 0 bridgehead atoms. The SMILES string of the molecule is CC(=CCC(C)C)OC(C)=CCC(C)C. The van der Waals surface area contributed by atoms with E-state index in [2.05, 4.69) is 39.8 Å². The molecule has 1 heteroatoms. The highest BCUT2D eigenvalue weighted by Gasteiger charge is 1.96. The van der Waals surface area contributed by atoms with Crippen LogP contribution in [-0.2, 0) is 4.74 Å². The van der Waals surface area contributed by atoms with Gasteiger partial charge in [0.15, 0.2) is 0 Å². The Morgan fingerprint density at radius 2 is 1.20 bits per heavy atom. The fourth-order valence-corrected chi connectivity index (χ4v) is 1.14. The Labute approximate surface area is 95.2 Å². The van der Waals surface area contributed by atoms with E-state index < -0.39 is 0 Å². The van der Waals surface area contributed by atoms with E-state index in [1.54, 1.807) is 0 Å². The lowest BCUT2D eigenvalue weighted by Crippen LogP contribution is -1.90. The van der Waals surface area contributed by atoms with Gasteiger partial charge in [0.25, 0.3) is 0 Å². The van der Waals surface area contributed by atoms with Crippen LogP contribution in [0.4, 0.5) is 0 Å². The maximum atomic E-state index is 5.67. The minimum absolute atomic E-state index is 0.698. The second-order valence-electron chi connectivity index (χ2n) is 4.99. The van der Waals surface area contributed by atoms with Gasteiger partial charge < -0.3 is 4.74 Å². The van der Waals surface area contributed by atoms with Crippen LogP contribution in [0, 0.1) is 11.8 Å². The van der Waals surface area contributed by atoms with E-state index in [9.17, 15) is 0 Å². The molecule has 88 valence electrons. The third kappa shape index (κ3) is 9.58. The quantitative estimate of drug-likeness (QED) is 0.566. The van der Waals surface area contributed by atoms with Crippen LogP contribution >= 0.6 is 0 Å². The van der Waals surface area contributed by atoms with Gasteiger partial charge in [0.1, 0.15) is 0 Å². The van der Waals surface area contributed by atoms with E-state index in [0.29, 0.717) is 11.8 Å². The standard InChI is InChI=1S/C14H26O/c1-11(2)7-9-13(5)15-14(6)10-8-12(3)4/h9-12H,7-8H2,1-6H3. The smallest absolute Gasteiger partial charge is 0.0965 e. The molecule has 0 atom stereocenters. The van der Waals surface area contributed by atoms with Crippen LogP contribution in [0.3, 0.4) is 0 Å². The normalized spacial score (nSPS) is 13.9. The molecule has 0 aliphatic carbocycles. The first-order chi connectivity index (χ1) is 6.91. The van der Waals surface area contributed by atoms with E-state index in [1.165, 1.54) is 0 Å². The zero-order valence-electron chi connectivity index (χ0n) is 11.1. The van der Waals surface area contributed by atoms with Crippen LogP contribution in [0.5, 0.6) is 0 Å². The van der Waals surface area contributed by atoms with Crippen molar-refractivity contribution in [2.75, 3.05) is 0 Å². The van der Waals surface area contributed by atoms with Crippen molar-refractivity contribution < 1.29 is 4.74 Å². The van der Waals surface area contributed by atoms with Gasteiger partial charge in [-0.1, -0.05) is 27.7 Å². The number of ether oxygens (including phenoxy) is 1. The number of hydrogen-bond acceptors (Lipinski definition) is 1. The predicted molar refractivity (Wildman–Crippen MR) is 67.5 cm³/mol. The monoisotopic (exact) mass is 210 g/mol.